The molecule has 0 aliphatic heterocycles. The molecule has 116 valence electrons. The van der Waals surface area contributed by atoms with E-state index in [1.807, 2.05) is 31.2 Å². The molecule has 0 atom stereocenters. The number of hydrogen-bond donors (Lipinski definition) is 3. The van der Waals surface area contributed by atoms with Crippen LogP contribution in [-0.4, -0.2) is 21.1 Å². The number of aryl methyl sites for hydroxylation is 1. The van der Waals surface area contributed by atoms with E-state index in [0.717, 1.165) is 11.1 Å². The smallest absolute Gasteiger partial charge is 0.251 e. The molecule has 6 nitrogen and oxygen atoms in total. The monoisotopic (exact) mass is 307 g/mol. The Labute approximate surface area is 133 Å². The highest BCUT2D eigenvalue weighted by Gasteiger charge is 2.09. The number of amides is 1. The first-order valence-corrected chi connectivity index (χ1v) is 7.24. The normalized spacial score (nSPS) is 10.5. The Morgan fingerprint density at radius 2 is 2.00 bits per heavy atom. The van der Waals surface area contributed by atoms with E-state index in [2.05, 4.69) is 20.5 Å². The Kier molecular flexibility index (Phi) is 4.05. The summed E-state index contributed by atoms with van der Waals surface area (Å²) in [5.74, 6) is 1.04. The molecule has 0 bridgehead atoms. The van der Waals surface area contributed by atoms with E-state index in [0.29, 0.717) is 22.9 Å². The molecule has 3 rings (SSSR count). The van der Waals surface area contributed by atoms with E-state index < -0.39 is 0 Å². The van der Waals surface area contributed by atoms with Crippen molar-refractivity contribution in [1.82, 2.24) is 20.5 Å². The van der Waals surface area contributed by atoms with Crippen molar-refractivity contribution in [2.24, 2.45) is 0 Å². The summed E-state index contributed by atoms with van der Waals surface area (Å²) in [6, 6.07) is 14.7. The molecular formula is C17H17N5O. The standard InChI is InChI=1S/C17H17N5O/c1-11-3-2-4-13(9-11)16-20-15(21-22-16)10-19-17(23)12-5-7-14(18)8-6-12/h2-9H,10,18H2,1H3,(H,19,23)(H,20,21,22). The highest BCUT2D eigenvalue weighted by atomic mass is 16.1. The van der Waals surface area contributed by atoms with Crippen molar-refractivity contribution in [2.45, 2.75) is 13.5 Å². The number of benzene rings is 2. The van der Waals surface area contributed by atoms with Crippen LogP contribution in [0.4, 0.5) is 5.69 Å². The van der Waals surface area contributed by atoms with Gasteiger partial charge in [-0.05, 0) is 37.3 Å². The highest BCUT2D eigenvalue weighted by Crippen LogP contribution is 2.15. The number of nitrogens with zero attached hydrogens (tertiary/aromatic N) is 2. The second kappa shape index (κ2) is 6.31. The molecule has 0 aliphatic rings. The largest absolute Gasteiger partial charge is 0.399 e. The number of anilines is 1. The fourth-order valence-electron chi connectivity index (χ4n) is 2.19. The van der Waals surface area contributed by atoms with E-state index in [9.17, 15) is 4.79 Å². The highest BCUT2D eigenvalue weighted by molar-refractivity contribution is 5.94. The first-order chi connectivity index (χ1) is 11.1. The van der Waals surface area contributed by atoms with Crippen molar-refractivity contribution in [3.05, 3.63) is 65.5 Å². The van der Waals surface area contributed by atoms with Crippen LogP contribution in [0.15, 0.2) is 48.5 Å². The lowest BCUT2D eigenvalue weighted by Gasteiger charge is -2.03. The summed E-state index contributed by atoms with van der Waals surface area (Å²) < 4.78 is 0. The van der Waals surface area contributed by atoms with Crippen molar-refractivity contribution in [3.8, 4) is 11.4 Å². The second-order valence-corrected chi connectivity index (χ2v) is 5.28. The predicted molar refractivity (Wildman–Crippen MR) is 88.6 cm³/mol. The summed E-state index contributed by atoms with van der Waals surface area (Å²) >= 11 is 0. The fourth-order valence-corrected chi connectivity index (χ4v) is 2.19. The van der Waals surface area contributed by atoms with Crippen LogP contribution in [0, 0.1) is 6.92 Å². The van der Waals surface area contributed by atoms with Gasteiger partial charge in [-0.2, -0.15) is 5.10 Å². The number of aromatic amines is 1. The molecule has 1 aromatic heterocycles. The lowest BCUT2D eigenvalue weighted by molar-refractivity contribution is 0.0950. The zero-order valence-corrected chi connectivity index (χ0v) is 12.7. The fraction of sp³-hybridized carbons (Fsp3) is 0.118. The topological polar surface area (TPSA) is 96.7 Å². The number of carbonyl (C=O) groups excluding carboxylic acids is 1. The third-order valence-electron chi connectivity index (χ3n) is 3.40. The first-order valence-electron chi connectivity index (χ1n) is 7.24. The van der Waals surface area contributed by atoms with E-state index >= 15 is 0 Å². The van der Waals surface area contributed by atoms with Crippen LogP contribution in [0.25, 0.3) is 11.4 Å². The van der Waals surface area contributed by atoms with Crippen LogP contribution in [0.2, 0.25) is 0 Å². The average molecular weight is 307 g/mol. The summed E-state index contributed by atoms with van der Waals surface area (Å²) in [5.41, 5.74) is 8.87. The van der Waals surface area contributed by atoms with E-state index in [-0.39, 0.29) is 12.5 Å². The maximum Gasteiger partial charge on any atom is 0.251 e. The van der Waals surface area contributed by atoms with Crippen LogP contribution in [0.1, 0.15) is 21.7 Å². The molecule has 0 saturated heterocycles. The van der Waals surface area contributed by atoms with Crippen LogP contribution in [0.5, 0.6) is 0 Å². The molecule has 1 heterocycles. The van der Waals surface area contributed by atoms with Crippen molar-refractivity contribution in [1.29, 1.82) is 0 Å². The van der Waals surface area contributed by atoms with E-state index in [4.69, 9.17) is 5.73 Å². The number of hydrogen-bond acceptors (Lipinski definition) is 4. The Hall–Kier alpha value is -3.15. The lowest BCUT2D eigenvalue weighted by atomic mass is 10.1. The average Bonchev–Trinajstić information content (AvgIpc) is 3.02. The Bertz CT molecular complexity index is 823. The molecule has 4 N–H and O–H groups in total. The minimum absolute atomic E-state index is 0.182. The predicted octanol–water partition coefficient (Wildman–Crippen LogP) is 2.29. The minimum atomic E-state index is -0.182. The van der Waals surface area contributed by atoms with Gasteiger partial charge in [-0.15, -0.1) is 0 Å². The lowest BCUT2D eigenvalue weighted by Crippen LogP contribution is -2.23. The quantitative estimate of drug-likeness (QED) is 0.644. The molecule has 0 spiro atoms. The molecule has 0 radical (unpaired) electrons. The van der Waals surface area contributed by atoms with E-state index in [1.165, 1.54) is 0 Å². The second-order valence-electron chi connectivity index (χ2n) is 5.28. The Morgan fingerprint density at radius 1 is 1.22 bits per heavy atom. The minimum Gasteiger partial charge on any atom is -0.399 e. The van der Waals surface area contributed by atoms with Crippen molar-refractivity contribution in [3.63, 3.8) is 0 Å². The van der Waals surface area contributed by atoms with Gasteiger partial charge in [0.15, 0.2) is 5.82 Å². The van der Waals surface area contributed by atoms with Gasteiger partial charge in [0, 0.05) is 16.8 Å². The summed E-state index contributed by atoms with van der Waals surface area (Å²) in [5, 5.41) is 9.83. The van der Waals surface area contributed by atoms with Crippen LogP contribution < -0.4 is 11.1 Å². The maximum absolute atomic E-state index is 12.0. The van der Waals surface area contributed by atoms with Gasteiger partial charge in [0.05, 0.1) is 6.54 Å². The van der Waals surface area contributed by atoms with Crippen LogP contribution in [-0.2, 0) is 6.54 Å². The van der Waals surface area contributed by atoms with Gasteiger partial charge in [0.25, 0.3) is 5.91 Å². The summed E-state index contributed by atoms with van der Waals surface area (Å²) in [7, 11) is 0. The molecule has 23 heavy (non-hydrogen) atoms. The molecule has 0 unspecified atom stereocenters. The third kappa shape index (κ3) is 3.55. The van der Waals surface area contributed by atoms with Crippen molar-refractivity contribution in [2.75, 3.05) is 5.73 Å². The molecule has 0 saturated carbocycles. The van der Waals surface area contributed by atoms with Gasteiger partial charge in [-0.1, -0.05) is 23.8 Å². The van der Waals surface area contributed by atoms with Gasteiger partial charge in [-0.3, -0.25) is 9.89 Å². The number of rotatable bonds is 4. The van der Waals surface area contributed by atoms with Crippen molar-refractivity contribution >= 4 is 11.6 Å². The zero-order chi connectivity index (χ0) is 16.2. The van der Waals surface area contributed by atoms with E-state index in [1.54, 1.807) is 24.3 Å². The number of nitrogen functional groups attached to an aromatic ring is 1. The summed E-state index contributed by atoms with van der Waals surface area (Å²) in [4.78, 5) is 16.4. The number of H-pyrrole nitrogens is 1. The Morgan fingerprint density at radius 3 is 2.74 bits per heavy atom. The van der Waals surface area contributed by atoms with Gasteiger partial charge in [-0.25, -0.2) is 4.98 Å². The summed E-state index contributed by atoms with van der Waals surface area (Å²) in [6.45, 7) is 2.30. The molecule has 2 aromatic carbocycles. The zero-order valence-electron chi connectivity index (χ0n) is 12.7. The molecule has 3 aromatic rings. The van der Waals surface area contributed by atoms with Crippen LogP contribution >= 0.6 is 0 Å². The third-order valence-corrected chi connectivity index (χ3v) is 3.40. The van der Waals surface area contributed by atoms with Crippen molar-refractivity contribution < 1.29 is 4.79 Å². The van der Waals surface area contributed by atoms with Crippen LogP contribution in [0.3, 0.4) is 0 Å². The molecule has 1 amide bonds. The van der Waals surface area contributed by atoms with Gasteiger partial charge >= 0.3 is 0 Å². The number of carbonyl (C=O) groups is 1. The maximum atomic E-state index is 12.0. The van der Waals surface area contributed by atoms with Gasteiger partial charge in [0.1, 0.15) is 5.82 Å². The number of aromatic nitrogens is 3. The summed E-state index contributed by atoms with van der Waals surface area (Å²) in [6.07, 6.45) is 0. The number of nitrogens with two attached hydrogens (primary N) is 1. The molecule has 0 fully saturated rings. The molecular weight excluding hydrogens is 290 g/mol. The number of nitrogens with one attached hydrogen (secondary N) is 2. The SMILES string of the molecule is Cc1cccc(-c2n[nH]c(CNC(=O)c3ccc(N)cc3)n2)c1. The van der Waals surface area contributed by atoms with Gasteiger partial charge in [0.2, 0.25) is 0 Å². The molecule has 0 aliphatic carbocycles. The Balaban J connectivity index is 1.65. The molecule has 6 heteroatoms. The van der Waals surface area contributed by atoms with Gasteiger partial charge < -0.3 is 11.1 Å². The first kappa shape index (κ1) is 14.8.